The van der Waals surface area contributed by atoms with Gasteiger partial charge in [0.1, 0.15) is 0 Å². The first kappa shape index (κ1) is 22.2. The molecule has 0 radical (unpaired) electrons. The molecule has 1 aliphatic carbocycles. The molecule has 0 spiro atoms. The van der Waals surface area contributed by atoms with Gasteiger partial charge in [-0.25, -0.2) is 0 Å². The Hall–Kier alpha value is 0.250. The van der Waals surface area contributed by atoms with Gasteiger partial charge in [-0.15, -0.1) is 0 Å². The summed E-state index contributed by atoms with van der Waals surface area (Å²) in [5.74, 6) is 1.10. The molecule has 0 unspecified atom stereocenters. The topological polar surface area (TPSA) is 4.44 Å². The molecule has 22 heavy (non-hydrogen) atoms. The van der Waals surface area contributed by atoms with Crippen LogP contribution in [-0.4, -0.2) is 19.6 Å². The number of hydrogen-bond acceptors (Lipinski definition) is 0. The molecule has 0 aromatic rings. The summed E-state index contributed by atoms with van der Waals surface area (Å²) in [5.41, 5.74) is 0. The first-order valence-electron chi connectivity index (χ1n) is 10.2. The summed E-state index contributed by atoms with van der Waals surface area (Å²) < 4.78 is 0. The molecule has 1 saturated carbocycles. The van der Waals surface area contributed by atoms with E-state index in [0.29, 0.717) is 0 Å². The molecule has 0 amide bonds. The molecule has 1 aliphatic rings. The lowest BCUT2D eigenvalue weighted by atomic mass is 9.85. The quantitative estimate of drug-likeness (QED) is 0.492. The first-order valence-corrected chi connectivity index (χ1v) is 10.2. The van der Waals surface area contributed by atoms with E-state index in [1.807, 2.05) is 0 Å². The largest absolute Gasteiger partial charge is 1.00 e. The highest BCUT2D eigenvalue weighted by atomic mass is 35.5. The molecular formula is C20H42ClN. The van der Waals surface area contributed by atoms with Crippen molar-refractivity contribution in [3.05, 3.63) is 0 Å². The van der Waals surface area contributed by atoms with Crippen molar-refractivity contribution >= 4 is 0 Å². The van der Waals surface area contributed by atoms with E-state index in [2.05, 4.69) is 13.8 Å². The lowest BCUT2D eigenvalue weighted by Crippen LogP contribution is -3.11. The normalized spacial score (nSPS) is 16.0. The number of rotatable bonds is 13. The highest BCUT2D eigenvalue weighted by molar-refractivity contribution is 4.65. The van der Waals surface area contributed by atoms with E-state index in [4.69, 9.17) is 0 Å². The van der Waals surface area contributed by atoms with Crippen LogP contribution >= 0.6 is 0 Å². The average molecular weight is 332 g/mol. The summed E-state index contributed by atoms with van der Waals surface area (Å²) in [6.07, 6.45) is 21.0. The van der Waals surface area contributed by atoms with Crippen molar-refractivity contribution in [2.24, 2.45) is 5.92 Å². The van der Waals surface area contributed by atoms with Crippen LogP contribution in [0.4, 0.5) is 0 Å². The van der Waals surface area contributed by atoms with E-state index in [1.54, 1.807) is 4.90 Å². The third-order valence-electron chi connectivity index (χ3n) is 5.62. The van der Waals surface area contributed by atoms with Gasteiger partial charge in [-0.1, -0.05) is 77.0 Å². The Balaban J connectivity index is 0.00000441. The average Bonchev–Trinajstić information content (AvgIpc) is 2.54. The van der Waals surface area contributed by atoms with Crippen LogP contribution in [0, 0.1) is 5.92 Å². The molecule has 0 aliphatic heterocycles. The molecule has 0 bridgehead atoms. The zero-order valence-electron chi connectivity index (χ0n) is 15.5. The summed E-state index contributed by atoms with van der Waals surface area (Å²) in [5, 5.41) is 0. The van der Waals surface area contributed by atoms with Gasteiger partial charge in [-0.3, -0.25) is 0 Å². The van der Waals surface area contributed by atoms with Crippen molar-refractivity contribution in [3.63, 3.8) is 0 Å². The van der Waals surface area contributed by atoms with Gasteiger partial charge in [-0.05, 0) is 32.6 Å². The number of unbranched alkanes of at least 4 members (excludes halogenated alkanes) is 7. The van der Waals surface area contributed by atoms with Gasteiger partial charge >= 0.3 is 0 Å². The Labute approximate surface area is 147 Å². The molecule has 1 nitrogen and oxygen atoms in total. The lowest BCUT2D eigenvalue weighted by Gasteiger charge is -2.21. The second-order valence-electron chi connectivity index (χ2n) is 7.33. The Bertz CT molecular complexity index is 210. The smallest absolute Gasteiger partial charge is 0.0770 e. The maximum absolute atomic E-state index is 2.31. The van der Waals surface area contributed by atoms with Crippen LogP contribution in [0.3, 0.4) is 0 Å². The van der Waals surface area contributed by atoms with Gasteiger partial charge < -0.3 is 17.3 Å². The molecule has 0 aromatic heterocycles. The van der Waals surface area contributed by atoms with Gasteiger partial charge in [0.25, 0.3) is 0 Å². The van der Waals surface area contributed by atoms with E-state index in [-0.39, 0.29) is 12.4 Å². The van der Waals surface area contributed by atoms with Gasteiger partial charge in [0, 0.05) is 0 Å². The van der Waals surface area contributed by atoms with Crippen LogP contribution in [0.2, 0.25) is 0 Å². The van der Waals surface area contributed by atoms with Crippen molar-refractivity contribution in [2.45, 2.75) is 104 Å². The molecule has 1 rings (SSSR count). The summed E-state index contributed by atoms with van der Waals surface area (Å²) in [6, 6.07) is 0. The summed E-state index contributed by atoms with van der Waals surface area (Å²) in [6.45, 7) is 8.63. The Morgan fingerprint density at radius 2 is 1.18 bits per heavy atom. The Kier molecular flexibility index (Phi) is 16.3. The monoisotopic (exact) mass is 331 g/mol. The van der Waals surface area contributed by atoms with Crippen LogP contribution in [0.15, 0.2) is 0 Å². The standard InChI is InChI=1S/C20H41N.ClH/c1-3-21(4-2)19-15-10-8-6-5-7-9-12-16-20-17-13-11-14-18-20;/h20H,3-19H2,1-2H3;1H. The molecular weight excluding hydrogens is 290 g/mol. The van der Waals surface area contributed by atoms with Gasteiger partial charge in [0.15, 0.2) is 0 Å². The van der Waals surface area contributed by atoms with E-state index in [1.165, 1.54) is 110 Å². The van der Waals surface area contributed by atoms with Crippen molar-refractivity contribution < 1.29 is 17.3 Å². The van der Waals surface area contributed by atoms with Crippen molar-refractivity contribution in [1.29, 1.82) is 0 Å². The SMILES string of the molecule is CC[NH+](CC)CCCCCCCCCCC1CCCCC1.[Cl-]. The fourth-order valence-electron chi connectivity index (χ4n) is 3.95. The van der Waals surface area contributed by atoms with Crippen molar-refractivity contribution in [1.82, 2.24) is 0 Å². The number of halogens is 1. The molecule has 0 atom stereocenters. The molecule has 0 heterocycles. The van der Waals surface area contributed by atoms with E-state index < -0.39 is 0 Å². The van der Waals surface area contributed by atoms with Crippen molar-refractivity contribution in [2.75, 3.05) is 19.6 Å². The number of nitrogens with one attached hydrogen (secondary N) is 1. The minimum absolute atomic E-state index is 0. The summed E-state index contributed by atoms with van der Waals surface area (Å²) in [4.78, 5) is 1.78. The predicted molar refractivity (Wildman–Crippen MR) is 95.0 cm³/mol. The molecule has 0 aromatic carbocycles. The van der Waals surface area contributed by atoms with E-state index in [9.17, 15) is 0 Å². The molecule has 0 saturated heterocycles. The Morgan fingerprint density at radius 3 is 1.73 bits per heavy atom. The Morgan fingerprint density at radius 1 is 0.682 bits per heavy atom. The van der Waals surface area contributed by atoms with E-state index >= 15 is 0 Å². The third-order valence-corrected chi connectivity index (χ3v) is 5.62. The minimum Gasteiger partial charge on any atom is -1.00 e. The minimum atomic E-state index is 0. The van der Waals surface area contributed by atoms with Crippen LogP contribution in [0.5, 0.6) is 0 Å². The van der Waals surface area contributed by atoms with Crippen LogP contribution in [-0.2, 0) is 0 Å². The predicted octanol–water partition coefficient (Wildman–Crippen LogP) is 2.01. The molecule has 2 heteroatoms. The summed E-state index contributed by atoms with van der Waals surface area (Å²) in [7, 11) is 0. The van der Waals surface area contributed by atoms with E-state index in [0.717, 1.165) is 5.92 Å². The van der Waals surface area contributed by atoms with Crippen LogP contribution in [0.25, 0.3) is 0 Å². The summed E-state index contributed by atoms with van der Waals surface area (Å²) >= 11 is 0. The highest BCUT2D eigenvalue weighted by Gasteiger charge is 2.12. The fourth-order valence-corrected chi connectivity index (χ4v) is 3.95. The second kappa shape index (κ2) is 16.1. The molecule has 134 valence electrons. The van der Waals surface area contributed by atoms with Crippen LogP contribution < -0.4 is 17.3 Å². The molecule has 1 N–H and O–H groups in total. The first-order chi connectivity index (χ1) is 10.4. The van der Waals surface area contributed by atoms with Crippen LogP contribution in [0.1, 0.15) is 104 Å². The fraction of sp³-hybridized carbons (Fsp3) is 1.00. The van der Waals surface area contributed by atoms with Crippen molar-refractivity contribution in [3.8, 4) is 0 Å². The zero-order chi connectivity index (χ0) is 15.2. The number of quaternary nitrogens is 1. The lowest BCUT2D eigenvalue weighted by molar-refractivity contribution is -0.896. The number of hydrogen-bond donors (Lipinski definition) is 1. The maximum Gasteiger partial charge on any atom is 0.0770 e. The third kappa shape index (κ3) is 11.8. The molecule has 1 fully saturated rings. The highest BCUT2D eigenvalue weighted by Crippen LogP contribution is 2.28. The van der Waals surface area contributed by atoms with Gasteiger partial charge in [-0.2, -0.15) is 0 Å². The maximum atomic E-state index is 2.31. The second-order valence-corrected chi connectivity index (χ2v) is 7.33. The zero-order valence-corrected chi connectivity index (χ0v) is 16.2. The van der Waals surface area contributed by atoms with Gasteiger partial charge in [0.2, 0.25) is 0 Å². The van der Waals surface area contributed by atoms with Gasteiger partial charge in [0.05, 0.1) is 19.6 Å².